The molecule has 0 atom stereocenters. The number of nitrogens with zero attached hydrogens (tertiary/aromatic N) is 3. The largest absolute Gasteiger partial charge is 0.450 e. The van der Waals surface area contributed by atoms with Crippen molar-refractivity contribution in [2.45, 2.75) is 6.92 Å². The Labute approximate surface area is 128 Å². The van der Waals surface area contributed by atoms with Crippen LogP contribution in [-0.4, -0.2) is 14.8 Å². The van der Waals surface area contributed by atoms with E-state index in [4.69, 9.17) is 4.74 Å². The van der Waals surface area contributed by atoms with Gasteiger partial charge in [0, 0.05) is 11.6 Å². The molecule has 0 spiro atoms. The van der Waals surface area contributed by atoms with E-state index in [1.165, 1.54) is 19.1 Å². The number of benzene rings is 2. The van der Waals surface area contributed by atoms with E-state index < -0.39 is 26.1 Å². The molecule has 23 heavy (non-hydrogen) atoms. The Kier molecular flexibility index (Phi) is 4.16. The van der Waals surface area contributed by atoms with Gasteiger partial charge in [-0.15, -0.1) is 0 Å². The fourth-order valence-corrected chi connectivity index (χ4v) is 1.82. The van der Waals surface area contributed by atoms with E-state index in [2.05, 4.69) is 0 Å². The molecule has 0 aromatic heterocycles. The quantitative estimate of drug-likeness (QED) is 0.606. The lowest BCUT2D eigenvalue weighted by atomic mass is 10.2. The molecule has 0 aliphatic carbocycles. The van der Waals surface area contributed by atoms with Crippen LogP contribution in [0.5, 0.6) is 11.5 Å². The first-order valence-electron chi connectivity index (χ1n) is 6.15. The van der Waals surface area contributed by atoms with Gasteiger partial charge in [-0.25, -0.2) is 0 Å². The second-order valence-corrected chi connectivity index (χ2v) is 4.47. The van der Waals surface area contributed by atoms with Crippen molar-refractivity contribution in [2.75, 3.05) is 0 Å². The lowest BCUT2D eigenvalue weighted by molar-refractivity contribution is -0.394. The summed E-state index contributed by atoms with van der Waals surface area (Å²) in [6.45, 7) is 1.54. The number of hydrogen-bond donors (Lipinski definition) is 0. The van der Waals surface area contributed by atoms with Gasteiger partial charge in [-0.05, 0) is 25.1 Å². The van der Waals surface area contributed by atoms with Gasteiger partial charge in [0.25, 0.3) is 11.4 Å². The average Bonchev–Trinajstić information content (AvgIpc) is 2.48. The van der Waals surface area contributed by atoms with Gasteiger partial charge in [0.15, 0.2) is 0 Å². The van der Waals surface area contributed by atoms with Crippen molar-refractivity contribution in [1.29, 1.82) is 0 Å². The molecular formula is C13H9N3O7. The minimum atomic E-state index is -0.828. The van der Waals surface area contributed by atoms with Crippen molar-refractivity contribution < 1.29 is 19.5 Å². The van der Waals surface area contributed by atoms with E-state index >= 15 is 0 Å². The van der Waals surface area contributed by atoms with Gasteiger partial charge in [0.05, 0.1) is 26.9 Å². The Balaban J connectivity index is 2.44. The highest BCUT2D eigenvalue weighted by molar-refractivity contribution is 5.55. The highest BCUT2D eigenvalue weighted by Gasteiger charge is 2.22. The Hall–Kier alpha value is -3.56. The van der Waals surface area contributed by atoms with Crippen molar-refractivity contribution in [3.63, 3.8) is 0 Å². The van der Waals surface area contributed by atoms with Crippen LogP contribution in [0.1, 0.15) is 5.56 Å². The average molecular weight is 319 g/mol. The molecule has 0 aliphatic heterocycles. The molecule has 2 aromatic carbocycles. The zero-order chi connectivity index (χ0) is 17.1. The topological polar surface area (TPSA) is 139 Å². The van der Waals surface area contributed by atoms with Crippen molar-refractivity contribution in [3.8, 4) is 11.5 Å². The fourth-order valence-electron chi connectivity index (χ4n) is 1.82. The van der Waals surface area contributed by atoms with Gasteiger partial charge < -0.3 is 4.74 Å². The standard InChI is InChI=1S/C13H9N3O7/c1-8-2-4-10(7-11(8)15(19)20)23-13-5-3-9(14(17)18)6-12(13)16(21)22/h2-7H,1H3. The highest BCUT2D eigenvalue weighted by atomic mass is 16.6. The molecule has 0 fully saturated rings. The van der Waals surface area contributed by atoms with Crippen LogP contribution in [0.25, 0.3) is 0 Å². The van der Waals surface area contributed by atoms with E-state index in [9.17, 15) is 30.3 Å². The normalized spacial score (nSPS) is 10.1. The molecule has 0 N–H and O–H groups in total. The number of non-ortho nitro benzene ring substituents is 1. The maximum atomic E-state index is 11.0. The van der Waals surface area contributed by atoms with E-state index in [1.807, 2.05) is 0 Å². The number of ether oxygens (including phenoxy) is 1. The number of hydrogen-bond acceptors (Lipinski definition) is 7. The lowest BCUT2D eigenvalue weighted by Gasteiger charge is -2.07. The monoisotopic (exact) mass is 319 g/mol. The molecule has 0 saturated carbocycles. The van der Waals surface area contributed by atoms with Crippen LogP contribution >= 0.6 is 0 Å². The summed E-state index contributed by atoms with van der Waals surface area (Å²) in [6, 6.07) is 6.85. The molecule has 0 aliphatic rings. The molecule has 2 aromatic rings. The molecule has 118 valence electrons. The Bertz CT molecular complexity index is 819. The first-order valence-corrected chi connectivity index (χ1v) is 6.15. The molecule has 0 amide bonds. The van der Waals surface area contributed by atoms with Crippen LogP contribution in [0, 0.1) is 37.3 Å². The molecule has 10 nitrogen and oxygen atoms in total. The SMILES string of the molecule is Cc1ccc(Oc2ccc([N+](=O)[O-])cc2[N+](=O)[O-])cc1[N+](=O)[O-]. The molecule has 0 unspecified atom stereocenters. The summed E-state index contributed by atoms with van der Waals surface area (Å²) in [6.07, 6.45) is 0. The predicted molar refractivity (Wildman–Crippen MR) is 77.7 cm³/mol. The van der Waals surface area contributed by atoms with Gasteiger partial charge in [0.1, 0.15) is 5.75 Å². The summed E-state index contributed by atoms with van der Waals surface area (Å²) in [4.78, 5) is 30.4. The van der Waals surface area contributed by atoms with Crippen LogP contribution in [0.3, 0.4) is 0 Å². The van der Waals surface area contributed by atoms with Crippen LogP contribution in [0.2, 0.25) is 0 Å². The highest BCUT2D eigenvalue weighted by Crippen LogP contribution is 2.35. The van der Waals surface area contributed by atoms with Gasteiger partial charge in [-0.2, -0.15) is 0 Å². The van der Waals surface area contributed by atoms with Crippen molar-refractivity contribution in [1.82, 2.24) is 0 Å². The van der Waals surface area contributed by atoms with Gasteiger partial charge >= 0.3 is 5.69 Å². The summed E-state index contributed by atoms with van der Waals surface area (Å²) < 4.78 is 5.28. The van der Waals surface area contributed by atoms with Crippen LogP contribution < -0.4 is 4.74 Å². The second-order valence-electron chi connectivity index (χ2n) is 4.47. The third-order valence-electron chi connectivity index (χ3n) is 2.96. The minimum absolute atomic E-state index is 0.0132. The number of nitro groups is 3. The van der Waals surface area contributed by atoms with Crippen LogP contribution in [0.15, 0.2) is 36.4 Å². The summed E-state index contributed by atoms with van der Waals surface area (Å²) in [5.41, 5.74) is -0.867. The first kappa shape index (κ1) is 15.8. The van der Waals surface area contributed by atoms with Crippen LogP contribution in [0.4, 0.5) is 17.1 Å². The van der Waals surface area contributed by atoms with E-state index in [0.29, 0.717) is 5.56 Å². The van der Waals surface area contributed by atoms with Crippen molar-refractivity contribution >= 4 is 17.1 Å². The van der Waals surface area contributed by atoms with Gasteiger partial charge in [-0.3, -0.25) is 30.3 Å². The predicted octanol–water partition coefficient (Wildman–Crippen LogP) is 3.51. The zero-order valence-corrected chi connectivity index (χ0v) is 11.7. The lowest BCUT2D eigenvalue weighted by Crippen LogP contribution is -1.97. The molecule has 0 radical (unpaired) electrons. The molecular weight excluding hydrogens is 310 g/mol. The Morgan fingerprint density at radius 2 is 1.48 bits per heavy atom. The number of aryl methyl sites for hydroxylation is 1. The summed E-state index contributed by atoms with van der Waals surface area (Å²) in [5.74, 6) is -0.238. The fraction of sp³-hybridized carbons (Fsp3) is 0.0769. The maximum absolute atomic E-state index is 11.0. The van der Waals surface area contributed by atoms with Crippen molar-refractivity contribution in [2.24, 2.45) is 0 Å². The number of nitro benzene ring substituents is 3. The molecule has 2 rings (SSSR count). The molecule has 10 heteroatoms. The minimum Gasteiger partial charge on any atom is -0.450 e. The Morgan fingerprint density at radius 1 is 0.826 bits per heavy atom. The van der Waals surface area contributed by atoms with Crippen LogP contribution in [-0.2, 0) is 0 Å². The third kappa shape index (κ3) is 3.37. The smallest absolute Gasteiger partial charge is 0.318 e. The maximum Gasteiger partial charge on any atom is 0.318 e. The summed E-state index contributed by atoms with van der Waals surface area (Å²) in [5, 5.41) is 32.6. The third-order valence-corrected chi connectivity index (χ3v) is 2.96. The first-order chi connectivity index (χ1) is 10.8. The summed E-state index contributed by atoms with van der Waals surface area (Å²) in [7, 11) is 0. The van der Waals surface area contributed by atoms with E-state index in [0.717, 1.165) is 24.3 Å². The Morgan fingerprint density at radius 3 is 2.04 bits per heavy atom. The molecule has 0 bridgehead atoms. The van der Waals surface area contributed by atoms with E-state index in [-0.39, 0.29) is 17.2 Å². The number of rotatable bonds is 5. The molecule has 0 heterocycles. The summed E-state index contributed by atoms with van der Waals surface area (Å²) >= 11 is 0. The second kappa shape index (κ2) is 6.05. The van der Waals surface area contributed by atoms with Crippen molar-refractivity contribution in [3.05, 3.63) is 72.3 Å². The zero-order valence-electron chi connectivity index (χ0n) is 11.7. The van der Waals surface area contributed by atoms with Gasteiger partial charge in [-0.1, -0.05) is 0 Å². The van der Waals surface area contributed by atoms with Gasteiger partial charge in [0.2, 0.25) is 5.75 Å². The molecule has 0 saturated heterocycles. The van der Waals surface area contributed by atoms with E-state index in [1.54, 1.807) is 0 Å².